The highest BCUT2D eigenvalue weighted by Crippen LogP contribution is 2.35. The van der Waals surface area contributed by atoms with E-state index in [4.69, 9.17) is 18.9 Å². The Morgan fingerprint density at radius 2 is 0.536 bits per heavy atom. The summed E-state index contributed by atoms with van der Waals surface area (Å²) in [6.07, 6.45) is 0. The smallest absolute Gasteiger partial charge is 0.294 e. The van der Waals surface area contributed by atoms with Gasteiger partial charge in [0.1, 0.15) is 46.0 Å². The van der Waals surface area contributed by atoms with Gasteiger partial charge >= 0.3 is 0 Å². The summed E-state index contributed by atoms with van der Waals surface area (Å²) in [5.41, 5.74) is 5.25. The summed E-state index contributed by atoms with van der Waals surface area (Å²) in [4.78, 5) is 39.8. The highest BCUT2D eigenvalue weighted by molar-refractivity contribution is 7.92. The standard InChI is InChI=1S/C77H54O16S4/c1-50-6-9-53(10-7-50)75(78)55-15-19-58(20-16-55)90-60-23-35-66(36-24-60)94(81,82)68-39-27-62(28-40-68)92-64-31-43-70(44-32-64)96(85,86)71-45-33-65(34-46-71)93-63-29-41-69(42-30-63)95(83,84)67-37-25-61(26-38-67)91-59-21-17-56(18-22-59)76(79)54-13-11-52(12-14-54)73-47-8-51(2)48-74(73)77(80)57-4-3-5-72(49-57)97(87,88)89/h3-49H,1-2H3,(H,87,88,89). The Bertz CT molecular complexity index is 5440. The van der Waals surface area contributed by atoms with Gasteiger partial charge in [-0.2, -0.15) is 8.42 Å². The number of aryl methyl sites for hydroxylation is 2. The van der Waals surface area contributed by atoms with Crippen molar-refractivity contribution in [2.45, 2.75) is 48.1 Å². The monoisotopic (exact) mass is 1360 g/mol. The van der Waals surface area contributed by atoms with Gasteiger partial charge in [0.2, 0.25) is 29.5 Å². The van der Waals surface area contributed by atoms with Crippen molar-refractivity contribution >= 4 is 57.0 Å². The second kappa shape index (κ2) is 27.1. The highest BCUT2D eigenvalue weighted by atomic mass is 32.2. The van der Waals surface area contributed by atoms with Gasteiger partial charge in [0.25, 0.3) is 10.1 Å². The molecular formula is C77H54O16S4. The average Bonchev–Trinajstić information content (AvgIpc) is 0.898. The third-order valence-corrected chi connectivity index (χ3v) is 21.8. The number of hydrogen-bond acceptors (Lipinski definition) is 15. The second-order valence-corrected chi connectivity index (χ2v) is 29.5. The van der Waals surface area contributed by atoms with Gasteiger partial charge in [-0.25, -0.2) is 25.3 Å². The van der Waals surface area contributed by atoms with E-state index < -0.39 is 50.3 Å². The Kier molecular flexibility index (Phi) is 18.4. The summed E-state index contributed by atoms with van der Waals surface area (Å²) in [6, 6.07) is 72.3. The van der Waals surface area contributed by atoms with Crippen molar-refractivity contribution in [2.24, 2.45) is 0 Å². The molecule has 0 aliphatic carbocycles. The van der Waals surface area contributed by atoms with Crippen LogP contribution in [0.1, 0.15) is 58.9 Å². The van der Waals surface area contributed by atoms with E-state index in [0.29, 0.717) is 73.4 Å². The summed E-state index contributed by atoms with van der Waals surface area (Å²) in [6.45, 7) is 3.77. The average molecular weight is 1360 g/mol. The molecule has 0 aromatic heterocycles. The third-order valence-electron chi connectivity index (χ3n) is 15.6. The quantitative estimate of drug-likeness (QED) is 0.0489. The lowest BCUT2D eigenvalue weighted by Crippen LogP contribution is -2.07. The summed E-state index contributed by atoms with van der Waals surface area (Å²) in [5.74, 6) is 1.92. The normalized spacial score (nSPS) is 11.7. The molecule has 0 fully saturated rings. The Balaban J connectivity index is 0.607. The Morgan fingerprint density at radius 1 is 0.268 bits per heavy atom. The molecule has 12 aromatic rings. The molecule has 0 saturated heterocycles. The molecule has 12 aromatic carbocycles. The summed E-state index contributed by atoms with van der Waals surface area (Å²) < 4.78 is 139. The van der Waals surface area contributed by atoms with E-state index in [9.17, 15) is 52.6 Å². The Labute approximate surface area is 559 Å². The van der Waals surface area contributed by atoms with E-state index in [1.54, 1.807) is 97.1 Å². The number of hydrogen-bond donors (Lipinski definition) is 1. The number of rotatable bonds is 22. The molecule has 97 heavy (non-hydrogen) atoms. The van der Waals surface area contributed by atoms with Gasteiger partial charge in [-0.15, -0.1) is 0 Å². The number of benzene rings is 12. The van der Waals surface area contributed by atoms with Crippen molar-refractivity contribution in [1.29, 1.82) is 0 Å². The molecule has 0 aliphatic heterocycles. The zero-order valence-electron chi connectivity index (χ0n) is 51.3. The van der Waals surface area contributed by atoms with Crippen LogP contribution in [0.3, 0.4) is 0 Å². The summed E-state index contributed by atoms with van der Waals surface area (Å²) in [7, 11) is -16.5. The number of sulfone groups is 3. The first-order valence-corrected chi connectivity index (χ1v) is 35.6. The van der Waals surface area contributed by atoms with Crippen LogP contribution >= 0.6 is 0 Å². The molecule has 0 spiro atoms. The van der Waals surface area contributed by atoms with Crippen LogP contribution in [0.15, 0.2) is 319 Å². The molecular weight excluding hydrogens is 1310 g/mol. The fraction of sp³-hybridized carbons (Fsp3) is 0.0260. The topological polar surface area (TPSA) is 245 Å². The first kappa shape index (κ1) is 65.7. The van der Waals surface area contributed by atoms with E-state index in [1.807, 2.05) is 32.0 Å². The largest absolute Gasteiger partial charge is 0.457 e. The van der Waals surface area contributed by atoms with Gasteiger partial charge in [-0.05, 0) is 237 Å². The molecule has 0 heterocycles. The van der Waals surface area contributed by atoms with Gasteiger partial charge in [-0.3, -0.25) is 18.9 Å². The predicted molar refractivity (Wildman–Crippen MR) is 363 cm³/mol. The maximum atomic E-state index is 13.7. The molecule has 1 N–H and O–H groups in total. The lowest BCUT2D eigenvalue weighted by molar-refractivity contribution is 0.103. The molecule has 0 amide bonds. The van der Waals surface area contributed by atoms with Crippen molar-refractivity contribution in [3.8, 4) is 57.1 Å². The van der Waals surface area contributed by atoms with Crippen LogP contribution in [0.4, 0.5) is 0 Å². The van der Waals surface area contributed by atoms with Crippen molar-refractivity contribution in [2.75, 3.05) is 0 Å². The first-order chi connectivity index (χ1) is 46.4. The van der Waals surface area contributed by atoms with E-state index in [0.717, 1.165) is 17.2 Å². The van der Waals surface area contributed by atoms with E-state index in [1.165, 1.54) is 164 Å². The van der Waals surface area contributed by atoms with Crippen LogP contribution in [0.25, 0.3) is 11.1 Å². The van der Waals surface area contributed by atoms with E-state index >= 15 is 0 Å². The zero-order chi connectivity index (χ0) is 68.2. The molecule has 16 nitrogen and oxygen atoms in total. The molecule has 20 heteroatoms. The van der Waals surface area contributed by atoms with Gasteiger partial charge in [-0.1, -0.05) is 83.9 Å². The van der Waals surface area contributed by atoms with Gasteiger partial charge in [0, 0.05) is 33.4 Å². The number of carbonyl (C=O) groups is 3. The van der Waals surface area contributed by atoms with Crippen LogP contribution in [-0.4, -0.2) is 55.6 Å². The van der Waals surface area contributed by atoms with Crippen LogP contribution < -0.4 is 18.9 Å². The minimum Gasteiger partial charge on any atom is -0.457 e. The van der Waals surface area contributed by atoms with Crippen molar-refractivity contribution < 1.29 is 71.6 Å². The maximum Gasteiger partial charge on any atom is 0.294 e. The molecule has 0 unspecified atom stereocenters. The lowest BCUT2D eigenvalue weighted by Gasteiger charge is -2.12. The van der Waals surface area contributed by atoms with Crippen LogP contribution in [-0.2, 0) is 39.6 Å². The molecule has 0 atom stereocenters. The van der Waals surface area contributed by atoms with Crippen molar-refractivity contribution in [3.05, 3.63) is 330 Å². The predicted octanol–water partition coefficient (Wildman–Crippen LogP) is 16.6. The highest BCUT2D eigenvalue weighted by Gasteiger charge is 2.24. The molecule has 0 radical (unpaired) electrons. The van der Waals surface area contributed by atoms with Crippen LogP contribution in [0, 0.1) is 13.8 Å². The molecule has 0 saturated carbocycles. The Morgan fingerprint density at radius 3 is 0.835 bits per heavy atom. The molecule has 0 bridgehead atoms. The molecule has 482 valence electrons. The van der Waals surface area contributed by atoms with Gasteiger partial charge in [0.15, 0.2) is 17.3 Å². The lowest BCUT2D eigenvalue weighted by atomic mass is 9.91. The SMILES string of the molecule is Cc1ccc(C(=O)c2ccc(Oc3ccc(S(=O)(=O)c4ccc(Oc5ccc(S(=O)(=O)c6ccc(Oc7ccc(S(=O)(=O)c8ccc(Oc9ccc(C(=O)c%10ccc(-c%11ccc(C)cc%11C(=O)c%11cccc(S(=O)(=O)O)c%11)cc%10)cc9)cc8)cc7)cc6)cc5)cc4)cc3)cc2)cc1. The molecule has 12 rings (SSSR count). The summed E-state index contributed by atoms with van der Waals surface area (Å²) in [5, 5.41) is 0. The Hall–Kier alpha value is -11.4. The first-order valence-electron chi connectivity index (χ1n) is 29.7. The maximum absolute atomic E-state index is 13.7. The van der Waals surface area contributed by atoms with Gasteiger partial charge in [0.05, 0.1) is 34.3 Å². The van der Waals surface area contributed by atoms with E-state index in [2.05, 4.69) is 0 Å². The van der Waals surface area contributed by atoms with Crippen LogP contribution in [0.5, 0.6) is 46.0 Å². The van der Waals surface area contributed by atoms with Crippen molar-refractivity contribution in [3.63, 3.8) is 0 Å². The minimum absolute atomic E-state index is 0.00141. The van der Waals surface area contributed by atoms with Gasteiger partial charge < -0.3 is 18.9 Å². The zero-order valence-corrected chi connectivity index (χ0v) is 54.6. The second-order valence-electron chi connectivity index (χ2n) is 22.3. The fourth-order valence-corrected chi connectivity index (χ4v) is 14.6. The third kappa shape index (κ3) is 14.8. The number of ketones is 3. The number of ether oxygens (including phenoxy) is 4. The molecule has 0 aliphatic rings. The minimum atomic E-state index is -4.54. The summed E-state index contributed by atoms with van der Waals surface area (Å²) >= 11 is 0. The van der Waals surface area contributed by atoms with Crippen molar-refractivity contribution in [1.82, 2.24) is 0 Å². The number of carbonyl (C=O) groups excluding carboxylic acids is 3. The van der Waals surface area contributed by atoms with E-state index in [-0.39, 0.29) is 58.0 Å². The fourth-order valence-electron chi connectivity index (χ4n) is 10.3. The van der Waals surface area contributed by atoms with Crippen LogP contribution in [0.2, 0.25) is 0 Å².